The van der Waals surface area contributed by atoms with Crippen molar-refractivity contribution in [1.82, 2.24) is 0 Å². The van der Waals surface area contributed by atoms with Gasteiger partial charge in [0.15, 0.2) is 0 Å². The summed E-state index contributed by atoms with van der Waals surface area (Å²) in [5.41, 5.74) is -0.203. The molecule has 0 amide bonds. The molecular formula is C8H13NO5. The van der Waals surface area contributed by atoms with Crippen molar-refractivity contribution in [3.05, 3.63) is 21.8 Å². The van der Waals surface area contributed by atoms with E-state index in [1.807, 2.05) is 0 Å². The van der Waals surface area contributed by atoms with Crippen LogP contribution >= 0.6 is 0 Å². The van der Waals surface area contributed by atoms with E-state index in [1.165, 1.54) is 6.08 Å². The lowest BCUT2D eigenvalue weighted by molar-refractivity contribution is -0.521. The molecule has 0 fully saturated rings. The summed E-state index contributed by atoms with van der Waals surface area (Å²) in [4.78, 5) is 20.3. The molecule has 14 heavy (non-hydrogen) atoms. The molecule has 0 aromatic heterocycles. The summed E-state index contributed by atoms with van der Waals surface area (Å²) >= 11 is 0. The third-order valence-corrected chi connectivity index (χ3v) is 1.85. The second kappa shape index (κ2) is 6.09. The van der Waals surface area contributed by atoms with Crippen LogP contribution < -0.4 is 0 Å². The minimum absolute atomic E-state index is 0.0334. The lowest BCUT2D eigenvalue weighted by Crippen LogP contribution is -2.18. The van der Waals surface area contributed by atoms with Gasteiger partial charge in [0.05, 0.1) is 12.2 Å². The number of hydrogen-bond acceptors (Lipinski definition) is 4. The monoisotopic (exact) mass is 203 g/mol. The molecule has 0 aliphatic carbocycles. The number of aliphatic hydroxyl groups excluding tert-OH is 1. The van der Waals surface area contributed by atoms with Gasteiger partial charge in [0.2, 0.25) is 6.04 Å². The lowest BCUT2D eigenvalue weighted by Gasteiger charge is -2.03. The Labute approximate surface area is 81.0 Å². The molecule has 0 aliphatic rings. The Kier molecular flexibility index (Phi) is 5.47. The highest BCUT2D eigenvalue weighted by atomic mass is 16.6. The molecule has 0 saturated carbocycles. The summed E-state index contributed by atoms with van der Waals surface area (Å²) in [5.74, 6) is -1.24. The molecular weight excluding hydrogens is 190 g/mol. The van der Waals surface area contributed by atoms with Crippen LogP contribution in [0.2, 0.25) is 0 Å². The van der Waals surface area contributed by atoms with Gasteiger partial charge in [-0.25, -0.2) is 4.79 Å². The Bertz CT molecular complexity index is 248. The van der Waals surface area contributed by atoms with E-state index in [4.69, 9.17) is 10.2 Å². The molecule has 0 saturated heterocycles. The van der Waals surface area contributed by atoms with Gasteiger partial charge in [0.1, 0.15) is 0 Å². The molecule has 0 bridgehead atoms. The second-order valence-electron chi connectivity index (χ2n) is 2.78. The third kappa shape index (κ3) is 3.99. The fourth-order valence-electron chi connectivity index (χ4n) is 0.900. The number of carboxylic acids is 1. The van der Waals surface area contributed by atoms with Gasteiger partial charge in [-0.15, -0.1) is 0 Å². The molecule has 6 heteroatoms. The highest BCUT2D eigenvalue weighted by Gasteiger charge is 2.16. The van der Waals surface area contributed by atoms with Crippen LogP contribution in [0, 0.1) is 10.1 Å². The third-order valence-electron chi connectivity index (χ3n) is 1.85. The van der Waals surface area contributed by atoms with Crippen LogP contribution in [0.5, 0.6) is 0 Å². The molecule has 6 nitrogen and oxygen atoms in total. The van der Waals surface area contributed by atoms with E-state index < -0.39 is 23.5 Å². The van der Waals surface area contributed by atoms with Crippen LogP contribution in [0.1, 0.15) is 19.8 Å². The largest absolute Gasteiger partial charge is 0.478 e. The van der Waals surface area contributed by atoms with E-state index in [9.17, 15) is 14.9 Å². The highest BCUT2D eigenvalue weighted by Crippen LogP contribution is 2.06. The van der Waals surface area contributed by atoms with E-state index in [0.717, 1.165) is 0 Å². The topological polar surface area (TPSA) is 101 Å². The summed E-state index contributed by atoms with van der Waals surface area (Å²) in [5, 5.41) is 27.5. The van der Waals surface area contributed by atoms with Crippen molar-refractivity contribution in [2.45, 2.75) is 25.8 Å². The summed E-state index contributed by atoms with van der Waals surface area (Å²) < 4.78 is 0. The molecule has 0 aromatic rings. The number of carboxylic acid groups (broad SMARTS) is 1. The smallest absolute Gasteiger partial charge is 0.333 e. The first-order valence-electron chi connectivity index (χ1n) is 4.19. The zero-order valence-corrected chi connectivity index (χ0v) is 7.84. The van der Waals surface area contributed by atoms with E-state index in [2.05, 4.69) is 0 Å². The SMILES string of the molecule is CCC(CC=C(CO)C(=O)O)[N+](=O)[O-]. The number of nitrogens with zero attached hydrogens (tertiary/aromatic N) is 1. The molecule has 2 N–H and O–H groups in total. The van der Waals surface area contributed by atoms with Gasteiger partial charge in [-0.1, -0.05) is 13.0 Å². The maximum Gasteiger partial charge on any atom is 0.333 e. The number of rotatable bonds is 6. The standard InChI is InChI=1S/C8H13NO5/c1-2-7(9(13)14)4-3-6(5-10)8(11)12/h3,7,10H,2,4-5H2,1H3,(H,11,12). The van der Waals surface area contributed by atoms with Crippen LogP contribution in [0.3, 0.4) is 0 Å². The fourth-order valence-corrected chi connectivity index (χ4v) is 0.900. The normalized spacial score (nSPS) is 13.7. The zero-order chi connectivity index (χ0) is 11.1. The van der Waals surface area contributed by atoms with Crippen molar-refractivity contribution < 1.29 is 19.9 Å². The zero-order valence-electron chi connectivity index (χ0n) is 7.84. The maximum atomic E-state index is 10.4. The molecule has 1 atom stereocenters. The minimum atomic E-state index is -1.24. The van der Waals surface area contributed by atoms with Gasteiger partial charge in [-0.3, -0.25) is 10.1 Å². The molecule has 0 aromatic carbocycles. The van der Waals surface area contributed by atoms with Gasteiger partial charge in [0, 0.05) is 17.8 Å². The average molecular weight is 203 g/mol. The van der Waals surface area contributed by atoms with Crippen molar-refractivity contribution in [1.29, 1.82) is 0 Å². The number of hydrogen-bond donors (Lipinski definition) is 2. The number of carbonyl (C=O) groups is 1. The molecule has 1 unspecified atom stereocenters. The molecule has 0 heterocycles. The number of nitro groups is 1. The fraction of sp³-hybridized carbons (Fsp3) is 0.625. The van der Waals surface area contributed by atoms with Crippen molar-refractivity contribution in [3.63, 3.8) is 0 Å². The maximum absolute atomic E-state index is 10.4. The van der Waals surface area contributed by atoms with Crippen LogP contribution in [0.25, 0.3) is 0 Å². The molecule has 0 spiro atoms. The molecule has 0 radical (unpaired) electrons. The Morgan fingerprint density at radius 1 is 1.64 bits per heavy atom. The first kappa shape index (κ1) is 12.6. The highest BCUT2D eigenvalue weighted by molar-refractivity contribution is 5.86. The number of aliphatic hydroxyl groups is 1. The van der Waals surface area contributed by atoms with Crippen molar-refractivity contribution in [2.24, 2.45) is 0 Å². The van der Waals surface area contributed by atoms with E-state index in [1.54, 1.807) is 6.92 Å². The Morgan fingerprint density at radius 3 is 2.50 bits per heavy atom. The van der Waals surface area contributed by atoms with Gasteiger partial charge in [0.25, 0.3) is 0 Å². The summed E-state index contributed by atoms with van der Waals surface area (Å²) in [6.45, 7) is 1.05. The second-order valence-corrected chi connectivity index (χ2v) is 2.78. The predicted octanol–water partition coefficient (Wildman–Crippen LogP) is 0.435. The Hall–Kier alpha value is -1.43. The van der Waals surface area contributed by atoms with Crippen LogP contribution in [-0.4, -0.2) is 33.8 Å². The summed E-state index contributed by atoms with van der Waals surface area (Å²) in [6.07, 6.45) is 1.56. The first-order chi connectivity index (χ1) is 6.52. The van der Waals surface area contributed by atoms with Crippen LogP contribution in [-0.2, 0) is 4.79 Å². The van der Waals surface area contributed by atoms with E-state index in [0.29, 0.717) is 6.42 Å². The average Bonchev–Trinajstić information content (AvgIpc) is 2.11. The molecule has 0 aliphatic heterocycles. The van der Waals surface area contributed by atoms with Gasteiger partial charge < -0.3 is 10.2 Å². The van der Waals surface area contributed by atoms with E-state index >= 15 is 0 Å². The van der Waals surface area contributed by atoms with Crippen LogP contribution in [0.15, 0.2) is 11.6 Å². The van der Waals surface area contributed by atoms with Crippen LogP contribution in [0.4, 0.5) is 0 Å². The van der Waals surface area contributed by atoms with Gasteiger partial charge in [-0.05, 0) is 0 Å². The Balaban J connectivity index is 4.36. The van der Waals surface area contributed by atoms with Gasteiger partial charge >= 0.3 is 5.97 Å². The number of aliphatic carboxylic acids is 1. The summed E-state index contributed by atoms with van der Waals surface area (Å²) in [7, 11) is 0. The Morgan fingerprint density at radius 2 is 2.21 bits per heavy atom. The van der Waals surface area contributed by atoms with E-state index in [-0.39, 0.29) is 12.0 Å². The lowest BCUT2D eigenvalue weighted by atomic mass is 10.1. The molecule has 0 rings (SSSR count). The summed E-state index contributed by atoms with van der Waals surface area (Å²) in [6, 6.07) is -0.782. The predicted molar refractivity (Wildman–Crippen MR) is 48.5 cm³/mol. The molecule has 80 valence electrons. The van der Waals surface area contributed by atoms with Crippen molar-refractivity contribution in [3.8, 4) is 0 Å². The first-order valence-corrected chi connectivity index (χ1v) is 4.19. The van der Waals surface area contributed by atoms with Gasteiger partial charge in [-0.2, -0.15) is 0 Å². The van der Waals surface area contributed by atoms with Crippen molar-refractivity contribution in [2.75, 3.05) is 6.61 Å². The quantitative estimate of drug-likeness (QED) is 0.370. The van der Waals surface area contributed by atoms with Crippen molar-refractivity contribution >= 4 is 5.97 Å². The minimum Gasteiger partial charge on any atom is -0.478 e.